The Morgan fingerprint density at radius 3 is 1.65 bits per heavy atom. The number of rotatable bonds is 8. The minimum atomic E-state index is -1.88. The molecule has 0 fully saturated rings. The van der Waals surface area contributed by atoms with Crippen molar-refractivity contribution in [3.63, 3.8) is 0 Å². The molecule has 0 heterocycles. The summed E-state index contributed by atoms with van der Waals surface area (Å²) in [6, 6.07) is -3.71. The third-order valence-corrected chi connectivity index (χ3v) is 1.72. The Morgan fingerprint density at radius 2 is 1.35 bits per heavy atom. The summed E-state index contributed by atoms with van der Waals surface area (Å²) in [5, 5.41) is 41.2. The van der Waals surface area contributed by atoms with Crippen LogP contribution < -0.4 is 20.6 Å². The van der Waals surface area contributed by atoms with E-state index in [-0.39, 0.29) is 0 Å². The van der Waals surface area contributed by atoms with Crippen LogP contribution in [0, 0.1) is 0 Å². The molecule has 0 aromatic heterocycles. The van der Waals surface area contributed by atoms with E-state index in [9.17, 15) is 34.5 Å². The van der Waals surface area contributed by atoms with Crippen LogP contribution in [0.15, 0.2) is 0 Å². The minimum absolute atomic E-state index is 0.959. The van der Waals surface area contributed by atoms with Crippen LogP contribution in [0.25, 0.3) is 0 Å². The fourth-order valence-electron chi connectivity index (χ4n) is 1.00. The Hall–Kier alpha value is -2.16. The molecule has 9 heteroatoms. The number of aliphatic carboxylic acids is 4. The summed E-state index contributed by atoms with van der Waals surface area (Å²) in [7, 11) is 0. The second-order valence-corrected chi connectivity index (χ2v) is 3.08. The summed E-state index contributed by atoms with van der Waals surface area (Å²) in [6.07, 6.45) is -2.01. The molecule has 2 unspecified atom stereocenters. The molecule has 0 aliphatic carbocycles. The van der Waals surface area contributed by atoms with Gasteiger partial charge in [-0.1, -0.05) is 0 Å². The molecule has 0 spiro atoms. The molecule has 0 aromatic rings. The molecule has 0 bridgehead atoms. The van der Waals surface area contributed by atoms with Gasteiger partial charge in [-0.05, 0) is 0 Å². The van der Waals surface area contributed by atoms with E-state index in [4.69, 9.17) is 5.11 Å². The topological polar surface area (TPSA) is 170 Å². The van der Waals surface area contributed by atoms with Gasteiger partial charge in [-0.3, -0.25) is 4.79 Å². The van der Waals surface area contributed by atoms with E-state index in [1.807, 2.05) is 0 Å². The predicted molar refractivity (Wildman–Crippen MR) is 42.6 cm³/mol. The quantitative estimate of drug-likeness (QED) is 0.423. The maximum Gasteiger partial charge on any atom is 0.305 e. The van der Waals surface area contributed by atoms with Gasteiger partial charge in [-0.2, -0.15) is 0 Å². The minimum Gasteiger partial charge on any atom is -0.550 e. The van der Waals surface area contributed by atoms with Crippen molar-refractivity contribution in [1.82, 2.24) is 5.32 Å². The zero-order chi connectivity index (χ0) is 13.6. The lowest BCUT2D eigenvalue weighted by atomic mass is 10.1. The third-order valence-electron chi connectivity index (χ3n) is 1.72. The molecule has 0 aliphatic heterocycles. The molecule has 0 amide bonds. The van der Waals surface area contributed by atoms with Gasteiger partial charge >= 0.3 is 5.97 Å². The van der Waals surface area contributed by atoms with Crippen LogP contribution in [0.1, 0.15) is 12.8 Å². The summed E-state index contributed by atoms with van der Waals surface area (Å²) in [4.78, 5) is 41.3. The Labute approximate surface area is 94.7 Å². The van der Waals surface area contributed by atoms with Crippen LogP contribution in [0.3, 0.4) is 0 Å². The first-order chi connectivity index (χ1) is 7.73. The smallest absolute Gasteiger partial charge is 0.305 e. The fourth-order valence-corrected chi connectivity index (χ4v) is 1.00. The Kier molecular flexibility index (Phi) is 5.61. The Morgan fingerprint density at radius 1 is 0.941 bits per heavy atom. The number of hydrogen-bond donors (Lipinski definition) is 2. The van der Waals surface area contributed by atoms with Crippen LogP contribution >= 0.6 is 0 Å². The molecule has 96 valence electrons. The molecule has 17 heavy (non-hydrogen) atoms. The number of hydrogen-bond acceptors (Lipinski definition) is 8. The maximum atomic E-state index is 10.5. The van der Waals surface area contributed by atoms with Crippen molar-refractivity contribution in [1.29, 1.82) is 0 Å². The lowest BCUT2D eigenvalue weighted by molar-refractivity contribution is -0.319. The summed E-state index contributed by atoms with van der Waals surface area (Å²) in [5.74, 6) is -7.01. The average Bonchev–Trinajstić information content (AvgIpc) is 2.13. The molecule has 0 rings (SSSR count). The first-order valence-corrected chi connectivity index (χ1v) is 4.33. The second kappa shape index (κ2) is 6.43. The van der Waals surface area contributed by atoms with Gasteiger partial charge in [0.05, 0.1) is 30.4 Å². The van der Waals surface area contributed by atoms with Crippen molar-refractivity contribution in [2.75, 3.05) is 0 Å². The number of carboxylic acid groups (broad SMARTS) is 4. The van der Waals surface area contributed by atoms with Gasteiger partial charge in [0.15, 0.2) is 0 Å². The van der Waals surface area contributed by atoms with Crippen LogP contribution in [-0.4, -0.2) is 41.1 Å². The van der Waals surface area contributed by atoms with E-state index in [0.29, 0.717) is 0 Å². The average molecular weight is 246 g/mol. The summed E-state index contributed by atoms with van der Waals surface area (Å²) < 4.78 is 0. The zero-order valence-electron chi connectivity index (χ0n) is 8.37. The van der Waals surface area contributed by atoms with E-state index >= 15 is 0 Å². The lowest BCUT2D eigenvalue weighted by Crippen LogP contribution is -2.56. The Bertz CT molecular complexity index is 306. The molecule has 2 N–H and O–H groups in total. The number of nitrogens with one attached hydrogen (secondary N) is 1. The van der Waals surface area contributed by atoms with Crippen LogP contribution in [0.2, 0.25) is 0 Å². The molecule has 0 aliphatic rings. The van der Waals surface area contributed by atoms with Crippen molar-refractivity contribution in [3.05, 3.63) is 0 Å². The molecular weight excluding hydrogens is 238 g/mol. The molecule has 2 atom stereocenters. The highest BCUT2D eigenvalue weighted by Crippen LogP contribution is 1.97. The number of carbonyl (C=O) groups is 4. The molecule has 0 aromatic carbocycles. The van der Waals surface area contributed by atoms with E-state index in [1.54, 1.807) is 5.32 Å². The fraction of sp³-hybridized carbons (Fsp3) is 0.500. The second-order valence-electron chi connectivity index (χ2n) is 3.08. The summed E-state index contributed by atoms with van der Waals surface area (Å²) >= 11 is 0. The zero-order valence-corrected chi connectivity index (χ0v) is 8.37. The normalized spacial score (nSPS) is 13.6. The largest absolute Gasteiger partial charge is 0.550 e. The van der Waals surface area contributed by atoms with Crippen molar-refractivity contribution in [3.8, 4) is 0 Å². The first kappa shape index (κ1) is 14.8. The monoisotopic (exact) mass is 246 g/mol. The lowest BCUT2D eigenvalue weighted by Gasteiger charge is -2.26. The van der Waals surface area contributed by atoms with Crippen molar-refractivity contribution >= 4 is 23.9 Å². The van der Waals surface area contributed by atoms with E-state index in [0.717, 1.165) is 0 Å². The maximum absolute atomic E-state index is 10.5. The highest BCUT2D eigenvalue weighted by atomic mass is 16.4. The van der Waals surface area contributed by atoms with Gasteiger partial charge in [0, 0.05) is 12.4 Å². The Balaban J connectivity index is 4.67. The summed E-state index contributed by atoms with van der Waals surface area (Å²) in [6.45, 7) is 0. The van der Waals surface area contributed by atoms with Crippen LogP contribution in [-0.2, 0) is 19.2 Å². The van der Waals surface area contributed by atoms with Crippen molar-refractivity contribution in [2.45, 2.75) is 24.9 Å². The van der Waals surface area contributed by atoms with Crippen LogP contribution in [0.4, 0.5) is 0 Å². The van der Waals surface area contributed by atoms with Gasteiger partial charge < -0.3 is 40.1 Å². The van der Waals surface area contributed by atoms with Crippen molar-refractivity contribution < 1.29 is 39.6 Å². The van der Waals surface area contributed by atoms with Gasteiger partial charge in [-0.25, -0.2) is 0 Å². The van der Waals surface area contributed by atoms with Crippen molar-refractivity contribution in [2.24, 2.45) is 0 Å². The van der Waals surface area contributed by atoms with Crippen LogP contribution in [0.5, 0.6) is 0 Å². The molecular formula is C8H8NO8-3. The number of carbonyl (C=O) groups excluding carboxylic acids is 3. The van der Waals surface area contributed by atoms with Gasteiger partial charge in [0.25, 0.3) is 0 Å². The van der Waals surface area contributed by atoms with E-state index in [2.05, 4.69) is 0 Å². The molecule has 0 saturated heterocycles. The molecule has 0 radical (unpaired) electrons. The highest BCUT2D eigenvalue weighted by molar-refractivity contribution is 5.82. The highest BCUT2D eigenvalue weighted by Gasteiger charge is 2.20. The third kappa shape index (κ3) is 6.10. The standard InChI is InChI=1S/C8H11NO8/c10-5(11)1-3(7(14)15)9-4(8(16)17)2-6(12)13/h3-4,9H,1-2H2,(H,10,11)(H,12,13)(H,14,15)(H,16,17)/p-3. The first-order valence-electron chi connectivity index (χ1n) is 4.33. The van der Waals surface area contributed by atoms with E-state index in [1.165, 1.54) is 0 Å². The van der Waals surface area contributed by atoms with E-state index < -0.39 is 48.8 Å². The van der Waals surface area contributed by atoms with Gasteiger partial charge in [0.1, 0.15) is 0 Å². The predicted octanol–water partition coefficient (Wildman–Crippen LogP) is -5.57. The SMILES string of the molecule is O=C([O-])CC(NC(CC(=O)O)C(=O)[O-])C(=O)[O-]. The summed E-state index contributed by atoms with van der Waals surface area (Å²) in [5.41, 5.74) is 0. The van der Waals surface area contributed by atoms with Gasteiger partial charge in [0.2, 0.25) is 0 Å². The number of carboxylic acids is 4. The molecule has 9 nitrogen and oxygen atoms in total. The van der Waals surface area contributed by atoms with Gasteiger partial charge in [-0.15, -0.1) is 0 Å². The molecule has 0 saturated carbocycles.